The Balaban J connectivity index is 1.50. The minimum absolute atomic E-state index is 0.487. The second-order valence-electron chi connectivity index (χ2n) is 6.48. The summed E-state index contributed by atoms with van der Waals surface area (Å²) in [6.07, 6.45) is 2.42. The number of nitrogens with zero attached hydrogens (tertiary/aromatic N) is 3. The molecule has 0 spiro atoms. The molecular formula is C19H22N4. The number of H-pyrrole nitrogens is 1. The molecular weight excluding hydrogens is 284 g/mol. The monoisotopic (exact) mass is 306 g/mol. The molecule has 0 bridgehead atoms. The van der Waals surface area contributed by atoms with Crippen LogP contribution >= 0.6 is 0 Å². The van der Waals surface area contributed by atoms with E-state index in [1.54, 1.807) is 0 Å². The van der Waals surface area contributed by atoms with Crippen molar-refractivity contribution in [1.29, 1.82) is 0 Å². The molecule has 1 aliphatic heterocycles. The van der Waals surface area contributed by atoms with Gasteiger partial charge in [0.15, 0.2) is 0 Å². The quantitative estimate of drug-likeness (QED) is 0.803. The Bertz CT molecular complexity index is 775. The van der Waals surface area contributed by atoms with Crippen LogP contribution in [0.25, 0.3) is 11.0 Å². The van der Waals surface area contributed by atoms with Crippen LogP contribution in [0.15, 0.2) is 42.5 Å². The maximum Gasteiger partial charge on any atom is 0.111 e. The molecule has 1 fully saturated rings. The number of para-hydroxylation sites is 2. The van der Waals surface area contributed by atoms with Crippen molar-refractivity contribution >= 4 is 11.0 Å². The average Bonchev–Trinajstić information content (AvgIpc) is 2.99. The molecule has 118 valence electrons. The number of fused-ring (bicyclic) bond motifs is 1. The van der Waals surface area contributed by atoms with Crippen LogP contribution in [0.2, 0.25) is 0 Å². The van der Waals surface area contributed by atoms with E-state index >= 15 is 0 Å². The van der Waals surface area contributed by atoms with Gasteiger partial charge in [-0.3, -0.25) is 9.88 Å². The molecule has 1 atom stereocenters. The molecule has 0 radical (unpaired) electrons. The lowest BCUT2D eigenvalue weighted by molar-refractivity contribution is 0.195. The van der Waals surface area contributed by atoms with Crippen molar-refractivity contribution < 1.29 is 0 Å². The normalized spacial score (nSPS) is 19.3. The van der Waals surface area contributed by atoms with E-state index in [-0.39, 0.29) is 0 Å². The molecule has 2 aromatic heterocycles. The highest BCUT2D eigenvalue weighted by Gasteiger charge is 2.24. The first-order chi connectivity index (χ1) is 11.3. The predicted octanol–water partition coefficient (Wildman–Crippen LogP) is 3.65. The number of imidazole rings is 1. The SMILES string of the molecule is Cc1cccc(CN2CCC[C@@H](c3nc4ccccc4[nH]3)C2)n1. The third-order valence-corrected chi connectivity index (χ3v) is 4.63. The number of aromatic amines is 1. The predicted molar refractivity (Wildman–Crippen MR) is 92.3 cm³/mol. The average molecular weight is 306 g/mol. The molecule has 3 heterocycles. The zero-order chi connectivity index (χ0) is 15.6. The fourth-order valence-corrected chi connectivity index (χ4v) is 3.50. The fourth-order valence-electron chi connectivity index (χ4n) is 3.50. The van der Waals surface area contributed by atoms with Crippen LogP contribution in [0, 0.1) is 6.92 Å². The summed E-state index contributed by atoms with van der Waals surface area (Å²) in [5.74, 6) is 1.62. The van der Waals surface area contributed by atoms with Crippen molar-refractivity contribution in [3.63, 3.8) is 0 Å². The first-order valence-corrected chi connectivity index (χ1v) is 8.37. The van der Waals surface area contributed by atoms with Gasteiger partial charge in [0.05, 0.1) is 16.7 Å². The van der Waals surface area contributed by atoms with Crippen LogP contribution in [0.3, 0.4) is 0 Å². The molecule has 1 saturated heterocycles. The molecule has 3 aromatic rings. The van der Waals surface area contributed by atoms with Crippen molar-refractivity contribution in [3.05, 3.63) is 59.7 Å². The summed E-state index contributed by atoms with van der Waals surface area (Å²) in [4.78, 5) is 15.4. The second kappa shape index (κ2) is 6.13. The summed E-state index contributed by atoms with van der Waals surface area (Å²) in [6, 6.07) is 14.5. The Morgan fingerprint density at radius 3 is 2.91 bits per heavy atom. The molecule has 1 aliphatic rings. The smallest absolute Gasteiger partial charge is 0.111 e. The summed E-state index contributed by atoms with van der Waals surface area (Å²) in [5.41, 5.74) is 4.46. The topological polar surface area (TPSA) is 44.8 Å². The van der Waals surface area contributed by atoms with E-state index < -0.39 is 0 Å². The molecule has 0 amide bonds. The Labute approximate surface area is 136 Å². The van der Waals surface area contributed by atoms with Gasteiger partial charge in [0.25, 0.3) is 0 Å². The van der Waals surface area contributed by atoms with Crippen LogP contribution in [0.4, 0.5) is 0 Å². The van der Waals surface area contributed by atoms with Gasteiger partial charge in [-0.2, -0.15) is 0 Å². The van der Waals surface area contributed by atoms with Gasteiger partial charge in [0, 0.05) is 24.7 Å². The van der Waals surface area contributed by atoms with E-state index in [1.165, 1.54) is 12.8 Å². The van der Waals surface area contributed by atoms with Crippen LogP contribution < -0.4 is 0 Å². The van der Waals surface area contributed by atoms with Crippen LogP contribution in [-0.4, -0.2) is 32.9 Å². The molecule has 4 rings (SSSR count). The number of aryl methyl sites for hydroxylation is 1. The third-order valence-electron chi connectivity index (χ3n) is 4.63. The molecule has 23 heavy (non-hydrogen) atoms. The Morgan fingerprint density at radius 2 is 2.04 bits per heavy atom. The summed E-state index contributed by atoms with van der Waals surface area (Å²) < 4.78 is 0. The molecule has 1 N–H and O–H groups in total. The lowest BCUT2D eigenvalue weighted by Crippen LogP contribution is -2.34. The van der Waals surface area contributed by atoms with Crippen LogP contribution in [0.1, 0.15) is 36.0 Å². The number of piperidine rings is 1. The van der Waals surface area contributed by atoms with Crippen molar-refractivity contribution in [1.82, 2.24) is 19.9 Å². The number of benzene rings is 1. The van der Waals surface area contributed by atoms with Crippen molar-refractivity contribution in [2.24, 2.45) is 0 Å². The fraction of sp³-hybridized carbons (Fsp3) is 0.368. The maximum atomic E-state index is 4.79. The summed E-state index contributed by atoms with van der Waals surface area (Å²) in [7, 11) is 0. The van der Waals surface area contributed by atoms with Crippen molar-refractivity contribution in [2.45, 2.75) is 32.2 Å². The van der Waals surface area contributed by atoms with Crippen molar-refractivity contribution in [3.8, 4) is 0 Å². The van der Waals surface area contributed by atoms with Crippen LogP contribution in [0.5, 0.6) is 0 Å². The van der Waals surface area contributed by atoms with Gasteiger partial charge in [-0.15, -0.1) is 0 Å². The standard InChI is InChI=1S/C19H22N4/c1-14-6-4-8-16(20-14)13-23-11-5-7-15(12-23)19-21-17-9-2-3-10-18(17)22-19/h2-4,6,8-10,15H,5,7,11-13H2,1H3,(H,21,22)/t15-/m1/s1. The lowest BCUT2D eigenvalue weighted by atomic mass is 9.97. The largest absolute Gasteiger partial charge is 0.342 e. The summed E-state index contributed by atoms with van der Waals surface area (Å²) in [5, 5.41) is 0. The molecule has 0 saturated carbocycles. The van der Waals surface area contributed by atoms with E-state index in [9.17, 15) is 0 Å². The first-order valence-electron chi connectivity index (χ1n) is 8.37. The highest BCUT2D eigenvalue weighted by atomic mass is 15.1. The minimum Gasteiger partial charge on any atom is -0.342 e. The second-order valence-corrected chi connectivity index (χ2v) is 6.48. The molecule has 4 nitrogen and oxygen atoms in total. The lowest BCUT2D eigenvalue weighted by Gasteiger charge is -2.31. The number of nitrogens with one attached hydrogen (secondary N) is 1. The number of aromatic nitrogens is 3. The maximum absolute atomic E-state index is 4.79. The Morgan fingerprint density at radius 1 is 1.13 bits per heavy atom. The van der Waals surface area contributed by atoms with E-state index in [2.05, 4.69) is 58.2 Å². The molecule has 0 unspecified atom stereocenters. The Kier molecular flexibility index (Phi) is 3.83. The van der Waals surface area contributed by atoms with Gasteiger partial charge in [0.1, 0.15) is 5.82 Å². The summed E-state index contributed by atoms with van der Waals surface area (Å²) in [6.45, 7) is 5.18. The van der Waals surface area contributed by atoms with Gasteiger partial charge in [-0.25, -0.2) is 4.98 Å². The van der Waals surface area contributed by atoms with Gasteiger partial charge in [-0.1, -0.05) is 18.2 Å². The molecule has 0 aliphatic carbocycles. The highest BCUT2D eigenvalue weighted by molar-refractivity contribution is 5.74. The van der Waals surface area contributed by atoms with Gasteiger partial charge in [-0.05, 0) is 50.6 Å². The van der Waals surface area contributed by atoms with E-state index in [4.69, 9.17) is 4.98 Å². The number of likely N-dealkylation sites (tertiary alicyclic amines) is 1. The minimum atomic E-state index is 0.487. The van der Waals surface area contributed by atoms with Crippen molar-refractivity contribution in [2.75, 3.05) is 13.1 Å². The van der Waals surface area contributed by atoms with E-state index in [0.29, 0.717) is 5.92 Å². The number of rotatable bonds is 3. The molecule has 4 heteroatoms. The zero-order valence-corrected chi connectivity index (χ0v) is 13.5. The summed E-state index contributed by atoms with van der Waals surface area (Å²) >= 11 is 0. The van der Waals surface area contributed by atoms with Gasteiger partial charge >= 0.3 is 0 Å². The third kappa shape index (κ3) is 3.13. The number of pyridine rings is 1. The van der Waals surface area contributed by atoms with E-state index in [0.717, 1.165) is 47.9 Å². The zero-order valence-electron chi connectivity index (χ0n) is 13.5. The van der Waals surface area contributed by atoms with Gasteiger partial charge < -0.3 is 4.98 Å². The Hall–Kier alpha value is -2.20. The van der Waals surface area contributed by atoms with Crippen LogP contribution in [-0.2, 0) is 6.54 Å². The van der Waals surface area contributed by atoms with E-state index in [1.807, 2.05) is 6.07 Å². The number of hydrogen-bond acceptors (Lipinski definition) is 3. The molecule has 1 aromatic carbocycles. The highest BCUT2D eigenvalue weighted by Crippen LogP contribution is 2.27. The number of hydrogen-bond donors (Lipinski definition) is 1. The van der Waals surface area contributed by atoms with Gasteiger partial charge in [0.2, 0.25) is 0 Å². The first kappa shape index (κ1) is 14.4.